The smallest absolute Gasteiger partial charge is 0.164 e. The van der Waals surface area contributed by atoms with Crippen molar-refractivity contribution in [3.8, 4) is 0 Å². The first kappa shape index (κ1) is 15.9. The van der Waals surface area contributed by atoms with Gasteiger partial charge in [-0.05, 0) is 26.3 Å². The van der Waals surface area contributed by atoms with Crippen LogP contribution < -0.4 is 0 Å². The summed E-state index contributed by atoms with van der Waals surface area (Å²) in [6.45, 7) is 6.43. The fraction of sp³-hybridized carbons (Fsp3) is 0.647. The van der Waals surface area contributed by atoms with Crippen molar-refractivity contribution in [2.75, 3.05) is 13.2 Å². The van der Waals surface area contributed by atoms with Crippen molar-refractivity contribution in [3.05, 3.63) is 35.9 Å². The molecule has 2 fully saturated rings. The van der Waals surface area contributed by atoms with Gasteiger partial charge in [-0.15, -0.1) is 0 Å². The standard InChI is InChI=1S/C17H24O5/c1-12-17(11-18)15(21-16(2,3)22-17)14(20-12)10-19-9-13-7-5-4-6-8-13/h4-8,12,14-15,18H,9-11H2,1-3H3/t12-,14?,15-,17?/m0/s1. The molecule has 0 aromatic heterocycles. The van der Waals surface area contributed by atoms with Gasteiger partial charge < -0.3 is 24.1 Å². The monoisotopic (exact) mass is 308 g/mol. The van der Waals surface area contributed by atoms with Crippen LogP contribution in [-0.4, -0.2) is 48.0 Å². The van der Waals surface area contributed by atoms with Crippen molar-refractivity contribution in [2.45, 2.75) is 57.1 Å². The lowest BCUT2D eigenvalue weighted by atomic mass is 9.92. The zero-order valence-corrected chi connectivity index (χ0v) is 13.3. The van der Waals surface area contributed by atoms with Crippen LogP contribution in [0.4, 0.5) is 0 Å². The summed E-state index contributed by atoms with van der Waals surface area (Å²) in [5.41, 5.74) is 0.315. The molecule has 5 nitrogen and oxygen atoms in total. The van der Waals surface area contributed by atoms with Crippen LogP contribution in [-0.2, 0) is 25.6 Å². The van der Waals surface area contributed by atoms with Crippen molar-refractivity contribution in [1.82, 2.24) is 0 Å². The van der Waals surface area contributed by atoms with Gasteiger partial charge in [-0.1, -0.05) is 30.3 Å². The van der Waals surface area contributed by atoms with Gasteiger partial charge >= 0.3 is 0 Å². The van der Waals surface area contributed by atoms with Gasteiger partial charge in [0.15, 0.2) is 5.79 Å². The highest BCUT2D eigenvalue weighted by molar-refractivity contribution is 5.13. The van der Waals surface area contributed by atoms with Gasteiger partial charge in [0.05, 0.1) is 25.9 Å². The quantitative estimate of drug-likeness (QED) is 0.900. The van der Waals surface area contributed by atoms with Crippen LogP contribution in [0, 0.1) is 0 Å². The molecule has 4 atom stereocenters. The zero-order chi connectivity index (χ0) is 15.8. The number of ether oxygens (including phenoxy) is 4. The molecule has 2 unspecified atom stereocenters. The van der Waals surface area contributed by atoms with Gasteiger partial charge in [-0.25, -0.2) is 0 Å². The molecule has 0 aliphatic carbocycles. The van der Waals surface area contributed by atoms with Gasteiger partial charge in [-0.2, -0.15) is 0 Å². The Labute approximate surface area is 131 Å². The summed E-state index contributed by atoms with van der Waals surface area (Å²) in [6.07, 6.45) is -0.805. The van der Waals surface area contributed by atoms with E-state index in [9.17, 15) is 5.11 Å². The van der Waals surface area contributed by atoms with E-state index in [0.29, 0.717) is 13.2 Å². The maximum atomic E-state index is 9.82. The Morgan fingerprint density at radius 2 is 1.95 bits per heavy atom. The molecule has 0 radical (unpaired) electrons. The van der Waals surface area contributed by atoms with Crippen LogP contribution >= 0.6 is 0 Å². The van der Waals surface area contributed by atoms with E-state index in [1.807, 2.05) is 51.1 Å². The van der Waals surface area contributed by atoms with Gasteiger partial charge in [0, 0.05) is 0 Å². The van der Waals surface area contributed by atoms with Crippen LogP contribution in [0.5, 0.6) is 0 Å². The average molecular weight is 308 g/mol. The summed E-state index contributed by atoms with van der Waals surface area (Å²) in [5.74, 6) is -0.719. The highest BCUT2D eigenvalue weighted by Crippen LogP contribution is 2.46. The number of benzene rings is 1. The Hall–Kier alpha value is -0.980. The molecule has 2 aliphatic heterocycles. The maximum Gasteiger partial charge on any atom is 0.164 e. The maximum absolute atomic E-state index is 9.82. The second-order valence-electron chi connectivity index (χ2n) is 6.47. The lowest BCUT2D eigenvalue weighted by molar-refractivity contribution is -0.212. The number of hydrogen-bond acceptors (Lipinski definition) is 5. The third-order valence-corrected chi connectivity index (χ3v) is 4.37. The van der Waals surface area contributed by atoms with Gasteiger partial charge in [0.2, 0.25) is 0 Å². The van der Waals surface area contributed by atoms with Crippen molar-refractivity contribution >= 4 is 0 Å². The largest absolute Gasteiger partial charge is 0.393 e. The summed E-state index contributed by atoms with van der Waals surface area (Å²) in [7, 11) is 0. The first-order valence-electron chi connectivity index (χ1n) is 7.73. The molecule has 22 heavy (non-hydrogen) atoms. The summed E-state index contributed by atoms with van der Waals surface area (Å²) in [6, 6.07) is 10.00. The predicted octanol–water partition coefficient (Wildman–Crippen LogP) is 1.87. The van der Waals surface area contributed by atoms with Crippen LogP contribution in [0.2, 0.25) is 0 Å². The molecule has 0 bridgehead atoms. The Balaban J connectivity index is 1.63. The first-order chi connectivity index (χ1) is 10.5. The summed E-state index contributed by atoms with van der Waals surface area (Å²) in [4.78, 5) is 0. The summed E-state index contributed by atoms with van der Waals surface area (Å²) < 4.78 is 23.6. The molecular weight excluding hydrogens is 284 g/mol. The predicted molar refractivity (Wildman–Crippen MR) is 80.3 cm³/mol. The van der Waals surface area contributed by atoms with E-state index in [4.69, 9.17) is 18.9 Å². The van der Waals surface area contributed by atoms with E-state index in [-0.39, 0.29) is 24.9 Å². The zero-order valence-electron chi connectivity index (χ0n) is 13.3. The molecule has 1 N–H and O–H groups in total. The van der Waals surface area contributed by atoms with Crippen LogP contribution in [0.25, 0.3) is 0 Å². The lowest BCUT2D eigenvalue weighted by Gasteiger charge is -2.29. The fourth-order valence-electron chi connectivity index (χ4n) is 3.34. The molecule has 0 amide bonds. The normalized spacial score (nSPS) is 36.5. The van der Waals surface area contributed by atoms with Crippen molar-refractivity contribution in [3.63, 3.8) is 0 Å². The summed E-state index contributed by atoms with van der Waals surface area (Å²) in [5, 5.41) is 9.82. The van der Waals surface area contributed by atoms with Crippen LogP contribution in [0.3, 0.4) is 0 Å². The van der Waals surface area contributed by atoms with Gasteiger partial charge in [0.1, 0.15) is 17.8 Å². The van der Waals surface area contributed by atoms with Crippen molar-refractivity contribution in [2.24, 2.45) is 0 Å². The Morgan fingerprint density at radius 3 is 2.64 bits per heavy atom. The SMILES string of the molecule is C[C@@H]1OC(COCc2ccccc2)[C@@H]2OC(C)(C)OC12CO. The third-order valence-electron chi connectivity index (χ3n) is 4.37. The molecular formula is C17H24O5. The second kappa shape index (κ2) is 5.91. The minimum Gasteiger partial charge on any atom is -0.393 e. The Bertz CT molecular complexity index is 503. The van der Waals surface area contributed by atoms with E-state index in [0.717, 1.165) is 5.56 Å². The number of aliphatic hydroxyl groups is 1. The molecule has 1 aromatic rings. The molecule has 2 heterocycles. The first-order valence-corrected chi connectivity index (χ1v) is 7.73. The molecule has 2 saturated heterocycles. The van der Waals surface area contributed by atoms with E-state index in [1.165, 1.54) is 0 Å². The molecule has 2 aliphatic rings. The highest BCUT2D eigenvalue weighted by atomic mass is 16.8. The van der Waals surface area contributed by atoms with Gasteiger partial charge in [0.25, 0.3) is 0 Å². The second-order valence-corrected chi connectivity index (χ2v) is 6.47. The number of hydrogen-bond donors (Lipinski definition) is 1. The minimum atomic E-state index is -0.801. The van der Waals surface area contributed by atoms with Crippen LogP contribution in [0.1, 0.15) is 26.3 Å². The molecule has 122 valence electrons. The Morgan fingerprint density at radius 1 is 1.23 bits per heavy atom. The van der Waals surface area contributed by atoms with Crippen molar-refractivity contribution < 1.29 is 24.1 Å². The molecule has 5 heteroatoms. The van der Waals surface area contributed by atoms with Crippen LogP contribution in [0.15, 0.2) is 30.3 Å². The molecule has 1 aromatic carbocycles. The molecule has 0 saturated carbocycles. The van der Waals surface area contributed by atoms with E-state index in [1.54, 1.807) is 0 Å². The summed E-state index contributed by atoms with van der Waals surface area (Å²) >= 11 is 0. The lowest BCUT2D eigenvalue weighted by Crippen LogP contribution is -2.49. The van der Waals surface area contributed by atoms with Crippen molar-refractivity contribution in [1.29, 1.82) is 0 Å². The topological polar surface area (TPSA) is 57.2 Å². The number of aliphatic hydroxyl groups excluding tert-OH is 1. The van der Waals surface area contributed by atoms with E-state index < -0.39 is 11.4 Å². The Kier molecular flexibility index (Phi) is 4.27. The highest BCUT2D eigenvalue weighted by Gasteiger charge is 2.64. The minimum absolute atomic E-state index is 0.128. The molecule has 0 spiro atoms. The molecule has 3 rings (SSSR count). The number of rotatable bonds is 5. The third kappa shape index (κ3) is 2.79. The fourth-order valence-corrected chi connectivity index (χ4v) is 3.34. The van der Waals surface area contributed by atoms with E-state index in [2.05, 4.69) is 0 Å². The average Bonchev–Trinajstić information content (AvgIpc) is 2.91. The van der Waals surface area contributed by atoms with E-state index >= 15 is 0 Å². The van der Waals surface area contributed by atoms with Gasteiger partial charge in [-0.3, -0.25) is 0 Å². The number of fused-ring (bicyclic) bond motifs is 1.